The number of ether oxygens (including phenoxy) is 2. The number of rotatable bonds is 5. The first kappa shape index (κ1) is 21.4. The smallest absolute Gasteiger partial charge is 0.415 e. The topological polar surface area (TPSA) is 91.5 Å². The van der Waals surface area contributed by atoms with Crippen LogP contribution in [0.25, 0.3) is 22.8 Å². The number of benzene rings is 2. The zero-order valence-electron chi connectivity index (χ0n) is 19.0. The summed E-state index contributed by atoms with van der Waals surface area (Å²) >= 11 is 0. The monoisotopic (exact) mass is 457 g/mol. The van der Waals surface area contributed by atoms with Crippen LogP contribution in [-0.2, 0) is 4.74 Å². The predicted molar refractivity (Wildman–Crippen MR) is 127 cm³/mol. The van der Waals surface area contributed by atoms with Crippen LogP contribution in [0.5, 0.6) is 5.75 Å². The highest BCUT2D eigenvalue weighted by molar-refractivity contribution is 5.90. The molecule has 0 unspecified atom stereocenters. The third kappa shape index (κ3) is 3.81. The Morgan fingerprint density at radius 1 is 1.00 bits per heavy atom. The van der Waals surface area contributed by atoms with Gasteiger partial charge in [0.2, 0.25) is 5.43 Å². The van der Waals surface area contributed by atoms with Crippen LogP contribution < -0.4 is 15.1 Å². The predicted octanol–water partition coefficient (Wildman–Crippen LogP) is 3.83. The molecular formula is C25H23N5O4. The van der Waals surface area contributed by atoms with Gasteiger partial charge in [-0.3, -0.25) is 9.69 Å². The van der Waals surface area contributed by atoms with E-state index in [4.69, 9.17) is 9.47 Å². The van der Waals surface area contributed by atoms with E-state index in [2.05, 4.69) is 10.2 Å². The maximum atomic E-state index is 12.8. The number of anilines is 1. The molecule has 172 valence electrons. The highest BCUT2D eigenvalue weighted by atomic mass is 16.6. The van der Waals surface area contributed by atoms with Gasteiger partial charge in [0.25, 0.3) is 0 Å². The summed E-state index contributed by atoms with van der Waals surface area (Å²) in [7, 11) is 1.54. The normalized spacial score (nSPS) is 14.8. The van der Waals surface area contributed by atoms with Crippen molar-refractivity contribution < 1.29 is 14.3 Å². The Morgan fingerprint density at radius 3 is 2.50 bits per heavy atom. The number of methoxy groups -OCH3 is 1. The lowest BCUT2D eigenvalue weighted by atomic mass is 10.1. The minimum absolute atomic E-state index is 0.230. The summed E-state index contributed by atoms with van der Waals surface area (Å²) in [6.07, 6.45) is 2.81. The Labute approximate surface area is 195 Å². The van der Waals surface area contributed by atoms with E-state index in [0.29, 0.717) is 29.4 Å². The maximum Gasteiger partial charge on any atom is 0.415 e. The number of aromatic nitrogens is 4. The van der Waals surface area contributed by atoms with Gasteiger partial charge in [0.05, 0.1) is 36.9 Å². The van der Waals surface area contributed by atoms with Crippen molar-refractivity contribution in [2.24, 2.45) is 0 Å². The number of carbonyl (C=O) groups excluding carboxylic acids is 1. The lowest BCUT2D eigenvalue weighted by Crippen LogP contribution is -2.28. The van der Waals surface area contributed by atoms with E-state index in [1.54, 1.807) is 58.0 Å². The zero-order valence-corrected chi connectivity index (χ0v) is 19.0. The molecule has 2 aromatic carbocycles. The van der Waals surface area contributed by atoms with E-state index < -0.39 is 11.7 Å². The van der Waals surface area contributed by atoms with E-state index in [9.17, 15) is 9.59 Å². The van der Waals surface area contributed by atoms with E-state index in [1.807, 2.05) is 44.2 Å². The molecule has 34 heavy (non-hydrogen) atoms. The summed E-state index contributed by atoms with van der Waals surface area (Å²) in [6, 6.07) is 18.1. The van der Waals surface area contributed by atoms with Gasteiger partial charge < -0.3 is 9.47 Å². The third-order valence-corrected chi connectivity index (χ3v) is 5.54. The number of cyclic esters (lactones) is 1. The van der Waals surface area contributed by atoms with Crippen molar-refractivity contribution in [1.29, 1.82) is 0 Å². The molecule has 0 atom stereocenters. The molecule has 1 amide bonds. The van der Waals surface area contributed by atoms with Crippen molar-refractivity contribution in [2.75, 3.05) is 18.6 Å². The van der Waals surface area contributed by atoms with Gasteiger partial charge in [0.15, 0.2) is 5.69 Å². The van der Waals surface area contributed by atoms with E-state index in [0.717, 1.165) is 5.69 Å². The molecule has 0 saturated carbocycles. The fraction of sp³-hybridized carbons (Fsp3) is 0.200. The molecule has 0 bridgehead atoms. The van der Waals surface area contributed by atoms with E-state index in [-0.39, 0.29) is 11.1 Å². The summed E-state index contributed by atoms with van der Waals surface area (Å²) in [5.74, 6) is 0.494. The van der Waals surface area contributed by atoms with Gasteiger partial charge in [0.1, 0.15) is 17.0 Å². The molecule has 2 aromatic heterocycles. The van der Waals surface area contributed by atoms with Crippen LogP contribution in [0.4, 0.5) is 10.5 Å². The second kappa shape index (κ2) is 8.18. The molecule has 9 nitrogen and oxygen atoms in total. The summed E-state index contributed by atoms with van der Waals surface area (Å²) in [5.41, 5.74) is 2.11. The summed E-state index contributed by atoms with van der Waals surface area (Å²) in [6.45, 7) is 4.16. The molecule has 0 radical (unpaired) electrons. The van der Waals surface area contributed by atoms with Crippen molar-refractivity contribution in [3.05, 3.63) is 83.3 Å². The molecular weight excluding hydrogens is 434 g/mol. The molecule has 5 rings (SSSR count). The highest BCUT2D eigenvalue weighted by Crippen LogP contribution is 2.33. The molecule has 9 heteroatoms. The van der Waals surface area contributed by atoms with Crippen molar-refractivity contribution in [3.8, 4) is 28.5 Å². The fourth-order valence-electron chi connectivity index (χ4n) is 3.97. The maximum absolute atomic E-state index is 12.8. The van der Waals surface area contributed by atoms with Crippen LogP contribution >= 0.6 is 0 Å². The largest absolute Gasteiger partial charge is 0.494 e. The average molecular weight is 457 g/mol. The molecule has 1 aliphatic heterocycles. The lowest BCUT2D eigenvalue weighted by Gasteiger charge is -2.18. The molecule has 0 N–H and O–H groups in total. The second-order valence-electron chi connectivity index (χ2n) is 8.51. The van der Waals surface area contributed by atoms with Crippen LogP contribution in [0.15, 0.2) is 77.9 Å². The van der Waals surface area contributed by atoms with Crippen LogP contribution in [0, 0.1) is 0 Å². The molecule has 0 aliphatic carbocycles. The Morgan fingerprint density at radius 2 is 1.79 bits per heavy atom. The zero-order chi connectivity index (χ0) is 23.9. The molecule has 0 spiro atoms. The lowest BCUT2D eigenvalue weighted by molar-refractivity contribution is 0.0871. The number of hydrogen-bond donors (Lipinski definition) is 0. The number of amides is 1. The summed E-state index contributed by atoms with van der Waals surface area (Å²) in [5, 5.41) is 8.97. The summed E-state index contributed by atoms with van der Waals surface area (Å²) in [4.78, 5) is 26.6. The van der Waals surface area contributed by atoms with Gasteiger partial charge in [-0.05, 0) is 44.2 Å². The van der Waals surface area contributed by atoms with Gasteiger partial charge in [-0.15, -0.1) is 0 Å². The molecule has 1 fully saturated rings. The Bertz CT molecular complexity index is 1420. The first-order chi connectivity index (χ1) is 16.4. The van der Waals surface area contributed by atoms with Crippen LogP contribution in [0.1, 0.15) is 13.8 Å². The minimum atomic E-state index is -0.570. The average Bonchev–Trinajstić information content (AvgIpc) is 3.43. The van der Waals surface area contributed by atoms with Gasteiger partial charge in [0, 0.05) is 18.3 Å². The first-order valence-electron chi connectivity index (χ1n) is 10.7. The number of nitrogens with zero attached hydrogens (tertiary/aromatic N) is 5. The Hall–Kier alpha value is -4.40. The van der Waals surface area contributed by atoms with Crippen LogP contribution in [0.2, 0.25) is 0 Å². The van der Waals surface area contributed by atoms with Gasteiger partial charge in [-0.2, -0.15) is 10.2 Å². The quantitative estimate of drug-likeness (QED) is 0.452. The molecule has 4 aromatic rings. The molecule has 3 heterocycles. The minimum Gasteiger partial charge on any atom is -0.494 e. The second-order valence-corrected chi connectivity index (χ2v) is 8.51. The third-order valence-electron chi connectivity index (χ3n) is 5.54. The SMILES string of the molecule is COc1cc(N2CC(C)(C)OC2=O)ccc1-n1ccc(=O)c(-c2ccnn2-c2ccccc2)n1. The Kier molecular flexibility index (Phi) is 5.16. The highest BCUT2D eigenvalue weighted by Gasteiger charge is 2.38. The van der Waals surface area contributed by atoms with Crippen LogP contribution in [-0.4, -0.2) is 44.9 Å². The standard InChI is InChI=1S/C25H23N5O4/c1-25(2)16-28(24(32)34-25)18-9-10-19(22(15-18)33-3)29-14-12-21(31)23(27-29)20-11-13-26-30(20)17-7-5-4-6-8-17/h4-15H,16H2,1-3H3. The van der Waals surface area contributed by atoms with Gasteiger partial charge in [-0.1, -0.05) is 18.2 Å². The Balaban J connectivity index is 1.56. The van der Waals surface area contributed by atoms with Crippen molar-refractivity contribution in [3.63, 3.8) is 0 Å². The van der Waals surface area contributed by atoms with Crippen molar-refractivity contribution >= 4 is 11.8 Å². The van der Waals surface area contributed by atoms with Crippen LogP contribution in [0.3, 0.4) is 0 Å². The van der Waals surface area contributed by atoms with E-state index in [1.165, 1.54) is 6.07 Å². The summed E-state index contributed by atoms with van der Waals surface area (Å²) < 4.78 is 14.3. The number of para-hydroxylation sites is 1. The number of carbonyl (C=O) groups is 1. The van der Waals surface area contributed by atoms with Crippen molar-refractivity contribution in [2.45, 2.75) is 19.4 Å². The van der Waals surface area contributed by atoms with Gasteiger partial charge >= 0.3 is 6.09 Å². The van der Waals surface area contributed by atoms with E-state index >= 15 is 0 Å². The van der Waals surface area contributed by atoms with Crippen molar-refractivity contribution in [1.82, 2.24) is 19.6 Å². The molecule has 1 aliphatic rings. The first-order valence-corrected chi connectivity index (χ1v) is 10.7. The fourth-order valence-corrected chi connectivity index (χ4v) is 3.97. The van der Waals surface area contributed by atoms with Gasteiger partial charge in [-0.25, -0.2) is 14.2 Å². The molecule has 1 saturated heterocycles. The number of hydrogen-bond acceptors (Lipinski definition) is 6.